The molecule has 0 bridgehead atoms. The van der Waals surface area contributed by atoms with E-state index in [1.807, 2.05) is 0 Å². The molecular weight excluding hydrogens is 188 g/mol. The maximum Gasteiger partial charge on any atom is 0.142 e. The van der Waals surface area contributed by atoms with Crippen LogP contribution in [0.1, 0.15) is 31.2 Å². The van der Waals surface area contributed by atoms with Gasteiger partial charge in [-0.25, -0.2) is 4.98 Å². The van der Waals surface area contributed by atoms with E-state index >= 15 is 0 Å². The number of hydrogen-bond donors (Lipinski definition) is 1. The molecule has 0 unspecified atom stereocenters. The first-order valence-electron chi connectivity index (χ1n) is 5.54. The van der Waals surface area contributed by atoms with Crippen molar-refractivity contribution < 1.29 is 0 Å². The van der Waals surface area contributed by atoms with Crippen molar-refractivity contribution in [2.75, 3.05) is 25.4 Å². The smallest absolute Gasteiger partial charge is 0.142 e. The number of nitrogens with two attached hydrogens (primary N) is 1. The lowest BCUT2D eigenvalue weighted by Crippen LogP contribution is -2.27. The number of fused-ring (bicyclic) bond motifs is 1. The fourth-order valence-corrected chi connectivity index (χ4v) is 2.16. The molecule has 4 nitrogen and oxygen atoms in total. The Hall–Kier alpha value is -1.16. The van der Waals surface area contributed by atoms with E-state index in [0.29, 0.717) is 11.7 Å². The van der Waals surface area contributed by atoms with Gasteiger partial charge in [0, 0.05) is 25.4 Å². The first kappa shape index (κ1) is 10.4. The maximum atomic E-state index is 5.66. The summed E-state index contributed by atoms with van der Waals surface area (Å²) in [4.78, 5) is 11.2. The Balaban J connectivity index is 2.30. The molecular formula is C11H18N4. The van der Waals surface area contributed by atoms with Crippen molar-refractivity contribution in [3.63, 3.8) is 0 Å². The molecule has 0 aromatic carbocycles. The lowest BCUT2D eigenvalue weighted by Gasteiger charge is -2.19. The van der Waals surface area contributed by atoms with Crippen LogP contribution >= 0.6 is 0 Å². The molecule has 15 heavy (non-hydrogen) atoms. The van der Waals surface area contributed by atoms with E-state index < -0.39 is 0 Å². The molecule has 2 rings (SSSR count). The van der Waals surface area contributed by atoms with Gasteiger partial charge in [-0.2, -0.15) is 0 Å². The Morgan fingerprint density at radius 2 is 2.40 bits per heavy atom. The molecule has 82 valence electrons. The Kier molecular flexibility index (Phi) is 2.86. The minimum atomic E-state index is 0.454. The van der Waals surface area contributed by atoms with Crippen LogP contribution in [0.3, 0.4) is 0 Å². The third kappa shape index (κ3) is 2.09. The lowest BCUT2D eigenvalue weighted by atomic mass is 10.1. The monoisotopic (exact) mass is 206 g/mol. The Morgan fingerprint density at radius 3 is 3.13 bits per heavy atom. The Labute approximate surface area is 90.5 Å². The van der Waals surface area contributed by atoms with Crippen molar-refractivity contribution in [3.8, 4) is 0 Å². The summed E-state index contributed by atoms with van der Waals surface area (Å²) in [6.45, 7) is 7.62. The molecule has 1 atom stereocenters. The molecule has 0 aliphatic carbocycles. The Morgan fingerprint density at radius 1 is 1.60 bits per heavy atom. The number of aromatic nitrogens is 2. The van der Waals surface area contributed by atoms with Gasteiger partial charge < -0.3 is 10.6 Å². The summed E-state index contributed by atoms with van der Waals surface area (Å²) in [6, 6.07) is 0. The zero-order chi connectivity index (χ0) is 10.8. The minimum Gasteiger partial charge on any atom is -0.382 e. The maximum absolute atomic E-state index is 5.66. The lowest BCUT2D eigenvalue weighted by molar-refractivity contribution is 0.285. The first-order valence-corrected chi connectivity index (χ1v) is 5.54. The SMILES string of the molecule is CCN1CCc2nc(N)cnc2[C@@H](C)C1. The number of anilines is 1. The molecule has 0 saturated carbocycles. The second kappa shape index (κ2) is 4.14. The molecule has 0 radical (unpaired) electrons. The van der Waals surface area contributed by atoms with Gasteiger partial charge >= 0.3 is 0 Å². The zero-order valence-corrected chi connectivity index (χ0v) is 9.40. The fraction of sp³-hybridized carbons (Fsp3) is 0.636. The van der Waals surface area contributed by atoms with Crippen molar-refractivity contribution in [1.82, 2.24) is 14.9 Å². The predicted octanol–water partition coefficient (Wildman–Crippen LogP) is 1.04. The molecule has 0 saturated heterocycles. The topological polar surface area (TPSA) is 55.0 Å². The third-order valence-electron chi connectivity index (χ3n) is 3.01. The quantitative estimate of drug-likeness (QED) is 0.746. The molecule has 2 N–H and O–H groups in total. The predicted molar refractivity (Wildman–Crippen MR) is 60.7 cm³/mol. The molecule has 0 amide bonds. The third-order valence-corrected chi connectivity index (χ3v) is 3.01. The molecule has 1 aliphatic rings. The molecule has 2 heterocycles. The van der Waals surface area contributed by atoms with Gasteiger partial charge in [-0.3, -0.25) is 4.98 Å². The van der Waals surface area contributed by atoms with Gasteiger partial charge in [0.2, 0.25) is 0 Å². The van der Waals surface area contributed by atoms with Crippen molar-refractivity contribution in [3.05, 3.63) is 17.6 Å². The van der Waals surface area contributed by atoms with Gasteiger partial charge in [0.1, 0.15) is 5.82 Å². The highest BCUT2D eigenvalue weighted by Crippen LogP contribution is 2.22. The summed E-state index contributed by atoms with van der Waals surface area (Å²) in [5, 5.41) is 0. The van der Waals surface area contributed by atoms with E-state index in [0.717, 1.165) is 37.4 Å². The van der Waals surface area contributed by atoms with Crippen LogP contribution in [-0.4, -0.2) is 34.5 Å². The van der Waals surface area contributed by atoms with E-state index in [9.17, 15) is 0 Å². The van der Waals surface area contributed by atoms with Gasteiger partial charge in [0.25, 0.3) is 0 Å². The van der Waals surface area contributed by atoms with Crippen molar-refractivity contribution in [2.45, 2.75) is 26.2 Å². The molecule has 1 aliphatic heterocycles. The van der Waals surface area contributed by atoms with Crippen LogP contribution in [0.4, 0.5) is 5.82 Å². The van der Waals surface area contributed by atoms with Crippen molar-refractivity contribution >= 4 is 5.82 Å². The van der Waals surface area contributed by atoms with Crippen LogP contribution in [0, 0.1) is 0 Å². The van der Waals surface area contributed by atoms with E-state index in [2.05, 4.69) is 28.7 Å². The van der Waals surface area contributed by atoms with Crippen molar-refractivity contribution in [1.29, 1.82) is 0 Å². The van der Waals surface area contributed by atoms with E-state index in [1.165, 1.54) is 0 Å². The molecule has 0 fully saturated rings. The summed E-state index contributed by atoms with van der Waals surface area (Å²) in [5.74, 6) is 0.987. The van der Waals surface area contributed by atoms with Gasteiger partial charge in [-0.1, -0.05) is 13.8 Å². The first-order chi connectivity index (χ1) is 7.20. The molecule has 1 aromatic heterocycles. The van der Waals surface area contributed by atoms with Gasteiger partial charge in [0.15, 0.2) is 0 Å². The summed E-state index contributed by atoms with van der Waals surface area (Å²) in [7, 11) is 0. The molecule has 4 heteroatoms. The standard InChI is InChI=1S/C11H18N4/c1-3-15-5-4-9-11(8(2)7-15)13-6-10(12)14-9/h6,8H,3-5,7H2,1-2H3,(H2,12,14)/t8-/m0/s1. The van der Waals surface area contributed by atoms with E-state index in [1.54, 1.807) is 6.20 Å². The van der Waals surface area contributed by atoms with Gasteiger partial charge in [-0.05, 0) is 6.54 Å². The zero-order valence-electron chi connectivity index (χ0n) is 9.40. The number of nitrogens with zero attached hydrogens (tertiary/aromatic N) is 3. The largest absolute Gasteiger partial charge is 0.382 e. The fourth-order valence-electron chi connectivity index (χ4n) is 2.16. The van der Waals surface area contributed by atoms with Crippen LogP contribution in [-0.2, 0) is 6.42 Å². The van der Waals surface area contributed by atoms with Crippen LogP contribution < -0.4 is 5.73 Å². The minimum absolute atomic E-state index is 0.454. The Bertz CT molecular complexity index is 350. The van der Waals surface area contributed by atoms with E-state index in [4.69, 9.17) is 5.73 Å². The number of rotatable bonds is 1. The average molecular weight is 206 g/mol. The van der Waals surface area contributed by atoms with E-state index in [-0.39, 0.29) is 0 Å². The number of likely N-dealkylation sites (N-methyl/N-ethyl adjacent to an activating group) is 1. The highest BCUT2D eigenvalue weighted by atomic mass is 15.1. The van der Waals surface area contributed by atoms with Crippen LogP contribution in [0.25, 0.3) is 0 Å². The second-order valence-electron chi connectivity index (χ2n) is 4.17. The number of nitrogen functional groups attached to an aromatic ring is 1. The highest BCUT2D eigenvalue weighted by molar-refractivity contribution is 5.30. The highest BCUT2D eigenvalue weighted by Gasteiger charge is 2.21. The van der Waals surface area contributed by atoms with Gasteiger partial charge in [-0.15, -0.1) is 0 Å². The average Bonchev–Trinajstić information content (AvgIpc) is 2.38. The summed E-state index contributed by atoms with van der Waals surface area (Å²) < 4.78 is 0. The summed E-state index contributed by atoms with van der Waals surface area (Å²) >= 11 is 0. The summed E-state index contributed by atoms with van der Waals surface area (Å²) in [5.41, 5.74) is 7.87. The normalized spacial score (nSPS) is 22.1. The summed E-state index contributed by atoms with van der Waals surface area (Å²) in [6.07, 6.45) is 2.63. The number of hydrogen-bond acceptors (Lipinski definition) is 4. The van der Waals surface area contributed by atoms with Crippen molar-refractivity contribution in [2.24, 2.45) is 0 Å². The molecule has 1 aromatic rings. The van der Waals surface area contributed by atoms with Gasteiger partial charge in [0.05, 0.1) is 17.6 Å². The molecule has 0 spiro atoms. The second-order valence-corrected chi connectivity index (χ2v) is 4.17. The van der Waals surface area contributed by atoms with Crippen LogP contribution in [0.5, 0.6) is 0 Å². The van der Waals surface area contributed by atoms with Crippen LogP contribution in [0.2, 0.25) is 0 Å². The van der Waals surface area contributed by atoms with Crippen LogP contribution in [0.15, 0.2) is 6.20 Å².